The van der Waals surface area contributed by atoms with E-state index >= 15 is 0 Å². The Morgan fingerprint density at radius 1 is 1.35 bits per heavy atom. The van der Waals surface area contributed by atoms with Gasteiger partial charge in [-0.25, -0.2) is 0 Å². The van der Waals surface area contributed by atoms with Crippen LogP contribution in [-0.4, -0.2) is 28.9 Å². The Hall–Kier alpha value is -1.55. The van der Waals surface area contributed by atoms with Crippen molar-refractivity contribution in [1.82, 2.24) is 4.90 Å². The van der Waals surface area contributed by atoms with Crippen molar-refractivity contribution >= 4 is 23.5 Å². The molecule has 1 amide bonds. The van der Waals surface area contributed by atoms with E-state index in [1.165, 1.54) is 4.90 Å². The van der Waals surface area contributed by atoms with Crippen molar-refractivity contribution in [3.05, 3.63) is 34.9 Å². The molecular weight excluding hydrogens is 242 g/mol. The molecule has 17 heavy (non-hydrogen) atoms. The van der Waals surface area contributed by atoms with Gasteiger partial charge in [0.1, 0.15) is 6.42 Å². The predicted molar refractivity (Wildman–Crippen MR) is 64.9 cm³/mol. The summed E-state index contributed by atoms with van der Waals surface area (Å²) in [7, 11) is 1.59. The Labute approximate surface area is 105 Å². The fourth-order valence-corrected chi connectivity index (χ4v) is 1.56. The summed E-state index contributed by atoms with van der Waals surface area (Å²) >= 11 is 5.77. The molecule has 1 rings (SSSR count). The highest BCUT2D eigenvalue weighted by Crippen LogP contribution is 2.21. The lowest BCUT2D eigenvalue weighted by Crippen LogP contribution is -2.31. The van der Waals surface area contributed by atoms with E-state index in [0.29, 0.717) is 5.02 Å². The van der Waals surface area contributed by atoms with Crippen LogP contribution in [0.25, 0.3) is 0 Å². The average molecular weight is 256 g/mol. The lowest BCUT2D eigenvalue weighted by molar-refractivity contribution is -0.144. The minimum Gasteiger partial charge on any atom is -0.481 e. The van der Waals surface area contributed by atoms with Crippen LogP contribution in [0.5, 0.6) is 0 Å². The van der Waals surface area contributed by atoms with Gasteiger partial charge in [0.2, 0.25) is 5.91 Å². The summed E-state index contributed by atoms with van der Waals surface area (Å²) in [6.07, 6.45) is -0.492. The van der Waals surface area contributed by atoms with Crippen molar-refractivity contribution in [2.45, 2.75) is 19.4 Å². The second kappa shape index (κ2) is 5.68. The number of nitrogens with zero attached hydrogens (tertiary/aromatic N) is 1. The van der Waals surface area contributed by atoms with Gasteiger partial charge < -0.3 is 10.0 Å². The number of carboxylic acids is 1. The normalized spacial score (nSPS) is 11.9. The van der Waals surface area contributed by atoms with Crippen LogP contribution in [0.15, 0.2) is 24.3 Å². The van der Waals surface area contributed by atoms with Crippen LogP contribution in [0.4, 0.5) is 0 Å². The first-order valence-corrected chi connectivity index (χ1v) is 5.52. The quantitative estimate of drug-likeness (QED) is 0.840. The summed E-state index contributed by atoms with van der Waals surface area (Å²) in [4.78, 5) is 23.4. The Bertz CT molecular complexity index is 416. The number of amides is 1. The summed E-state index contributed by atoms with van der Waals surface area (Å²) in [5.41, 5.74) is 0.913. The number of hydrogen-bond acceptors (Lipinski definition) is 2. The maximum Gasteiger partial charge on any atom is 0.312 e. The lowest BCUT2D eigenvalue weighted by atomic mass is 10.1. The summed E-state index contributed by atoms with van der Waals surface area (Å²) in [5, 5.41) is 9.18. The van der Waals surface area contributed by atoms with Crippen LogP contribution in [0.3, 0.4) is 0 Å². The number of carboxylic acid groups (broad SMARTS) is 1. The Balaban J connectivity index is 2.75. The first kappa shape index (κ1) is 13.5. The van der Waals surface area contributed by atoms with Gasteiger partial charge in [-0.15, -0.1) is 0 Å². The van der Waals surface area contributed by atoms with Gasteiger partial charge in [-0.1, -0.05) is 23.7 Å². The van der Waals surface area contributed by atoms with Crippen molar-refractivity contribution in [3.63, 3.8) is 0 Å². The minimum absolute atomic E-state index is 0.181. The fraction of sp³-hybridized carbons (Fsp3) is 0.333. The Morgan fingerprint density at radius 3 is 2.35 bits per heavy atom. The second-order valence-corrected chi connectivity index (χ2v) is 4.24. The maximum absolute atomic E-state index is 11.6. The Morgan fingerprint density at radius 2 is 1.88 bits per heavy atom. The zero-order chi connectivity index (χ0) is 13.0. The van der Waals surface area contributed by atoms with Crippen molar-refractivity contribution in [2.75, 3.05) is 7.05 Å². The van der Waals surface area contributed by atoms with E-state index in [-0.39, 0.29) is 6.04 Å². The second-order valence-electron chi connectivity index (χ2n) is 3.80. The number of hydrogen-bond donors (Lipinski definition) is 1. The van der Waals surface area contributed by atoms with Crippen molar-refractivity contribution in [1.29, 1.82) is 0 Å². The third-order valence-corrected chi connectivity index (χ3v) is 2.88. The van der Waals surface area contributed by atoms with Gasteiger partial charge in [0, 0.05) is 12.1 Å². The molecule has 0 spiro atoms. The van der Waals surface area contributed by atoms with Gasteiger partial charge in [0.05, 0.1) is 6.04 Å². The van der Waals surface area contributed by atoms with Gasteiger partial charge >= 0.3 is 5.97 Å². The van der Waals surface area contributed by atoms with E-state index < -0.39 is 18.3 Å². The van der Waals surface area contributed by atoms with Crippen molar-refractivity contribution in [2.24, 2.45) is 0 Å². The van der Waals surface area contributed by atoms with E-state index in [9.17, 15) is 9.59 Å². The summed E-state index contributed by atoms with van der Waals surface area (Å²) < 4.78 is 0. The van der Waals surface area contributed by atoms with E-state index in [1.54, 1.807) is 19.2 Å². The predicted octanol–water partition coefficient (Wildman–Crippen LogP) is 2.33. The van der Waals surface area contributed by atoms with Crippen LogP contribution in [0.1, 0.15) is 24.9 Å². The highest BCUT2D eigenvalue weighted by molar-refractivity contribution is 6.30. The summed E-state index contributed by atoms with van der Waals surface area (Å²) in [5.74, 6) is -1.54. The van der Waals surface area contributed by atoms with Crippen molar-refractivity contribution < 1.29 is 14.7 Å². The molecule has 0 bridgehead atoms. The molecule has 0 aliphatic carbocycles. The SMILES string of the molecule is CC(c1ccc(Cl)cc1)N(C)C(=O)CC(=O)O. The van der Waals surface area contributed by atoms with E-state index in [0.717, 1.165) is 5.56 Å². The topological polar surface area (TPSA) is 57.6 Å². The summed E-state index contributed by atoms with van der Waals surface area (Å²) in [6.45, 7) is 1.84. The molecule has 1 N–H and O–H groups in total. The number of rotatable bonds is 4. The number of halogens is 1. The lowest BCUT2D eigenvalue weighted by Gasteiger charge is -2.24. The van der Waals surface area contributed by atoms with E-state index in [2.05, 4.69) is 0 Å². The van der Waals surface area contributed by atoms with Crippen LogP contribution < -0.4 is 0 Å². The van der Waals surface area contributed by atoms with Gasteiger partial charge in [-0.05, 0) is 24.6 Å². The van der Waals surface area contributed by atoms with Crippen LogP contribution in [0, 0.1) is 0 Å². The van der Waals surface area contributed by atoms with Gasteiger partial charge in [0.25, 0.3) is 0 Å². The molecular formula is C12H14ClNO3. The molecule has 0 aromatic heterocycles. The molecule has 92 valence electrons. The molecule has 4 nitrogen and oxygen atoms in total. The third kappa shape index (κ3) is 3.75. The van der Waals surface area contributed by atoms with Crippen molar-refractivity contribution in [3.8, 4) is 0 Å². The average Bonchev–Trinajstić information content (AvgIpc) is 2.27. The highest BCUT2D eigenvalue weighted by Gasteiger charge is 2.19. The fourth-order valence-electron chi connectivity index (χ4n) is 1.43. The summed E-state index contributed by atoms with van der Waals surface area (Å²) in [6, 6.07) is 6.93. The molecule has 0 saturated carbocycles. The monoisotopic (exact) mass is 255 g/mol. The minimum atomic E-state index is -1.12. The number of benzene rings is 1. The number of carbonyl (C=O) groups excluding carboxylic acids is 1. The first-order valence-electron chi connectivity index (χ1n) is 5.14. The van der Waals surface area contributed by atoms with Crippen LogP contribution in [0.2, 0.25) is 5.02 Å². The van der Waals surface area contributed by atoms with Gasteiger partial charge in [-0.3, -0.25) is 9.59 Å². The molecule has 1 aromatic rings. The van der Waals surface area contributed by atoms with E-state index in [1.807, 2.05) is 19.1 Å². The molecule has 0 aliphatic heterocycles. The van der Waals surface area contributed by atoms with Crippen LogP contribution >= 0.6 is 11.6 Å². The molecule has 1 aromatic carbocycles. The molecule has 0 radical (unpaired) electrons. The van der Waals surface area contributed by atoms with Crippen LogP contribution in [-0.2, 0) is 9.59 Å². The van der Waals surface area contributed by atoms with Gasteiger partial charge in [-0.2, -0.15) is 0 Å². The maximum atomic E-state index is 11.6. The number of carbonyl (C=O) groups is 2. The zero-order valence-electron chi connectivity index (χ0n) is 9.68. The molecule has 1 atom stereocenters. The smallest absolute Gasteiger partial charge is 0.312 e. The molecule has 0 fully saturated rings. The van der Waals surface area contributed by atoms with E-state index in [4.69, 9.17) is 16.7 Å². The Kier molecular flexibility index (Phi) is 4.52. The molecule has 1 unspecified atom stereocenters. The molecule has 0 heterocycles. The first-order chi connectivity index (χ1) is 7.91. The zero-order valence-corrected chi connectivity index (χ0v) is 10.4. The third-order valence-electron chi connectivity index (χ3n) is 2.63. The largest absolute Gasteiger partial charge is 0.481 e. The highest BCUT2D eigenvalue weighted by atomic mass is 35.5. The van der Waals surface area contributed by atoms with Gasteiger partial charge in [0.15, 0.2) is 0 Å². The molecule has 0 aliphatic rings. The molecule has 5 heteroatoms. The standard InChI is InChI=1S/C12H14ClNO3/c1-8(9-3-5-10(13)6-4-9)14(2)11(15)7-12(16)17/h3-6,8H,7H2,1-2H3,(H,16,17). The molecule has 0 saturated heterocycles. The number of aliphatic carboxylic acids is 1.